The van der Waals surface area contributed by atoms with E-state index in [-0.39, 0.29) is 17.6 Å². The van der Waals surface area contributed by atoms with Crippen LogP contribution in [0.3, 0.4) is 0 Å². The van der Waals surface area contributed by atoms with E-state index in [1.54, 1.807) is 0 Å². The predicted octanol–water partition coefficient (Wildman–Crippen LogP) is 2.46. The van der Waals surface area contributed by atoms with Crippen molar-refractivity contribution in [3.63, 3.8) is 0 Å². The normalized spacial score (nSPS) is 10.6. The molecule has 0 bridgehead atoms. The Morgan fingerprint density at radius 2 is 2.06 bits per heavy atom. The number of hydrogen-bond acceptors (Lipinski definition) is 4. The van der Waals surface area contributed by atoms with Crippen molar-refractivity contribution >= 4 is 22.7 Å². The number of hydrogen-bond donors (Lipinski definition) is 0. The van der Waals surface area contributed by atoms with Crippen molar-refractivity contribution < 1.29 is 27.5 Å². The van der Waals surface area contributed by atoms with Gasteiger partial charge in [-0.2, -0.15) is 0 Å². The average molecular weight is 254 g/mol. The lowest BCUT2D eigenvalue weighted by atomic mass is 10.1. The molecule has 4 nitrogen and oxygen atoms in total. The maximum absolute atomic E-state index is 13.6. The SMILES string of the molecule is CCOC(=O)C(=O)c1c(F)cc(F)c2ccoc12. The highest BCUT2D eigenvalue weighted by molar-refractivity contribution is 6.42. The summed E-state index contributed by atoms with van der Waals surface area (Å²) in [7, 11) is 0. The van der Waals surface area contributed by atoms with Crippen LogP contribution in [-0.4, -0.2) is 18.4 Å². The Kier molecular flexibility index (Phi) is 3.10. The summed E-state index contributed by atoms with van der Waals surface area (Å²) in [5.41, 5.74) is -0.916. The lowest BCUT2D eigenvalue weighted by molar-refractivity contribution is -0.137. The molecule has 18 heavy (non-hydrogen) atoms. The Morgan fingerprint density at radius 1 is 1.33 bits per heavy atom. The van der Waals surface area contributed by atoms with E-state index in [0.717, 1.165) is 6.26 Å². The Bertz CT molecular complexity index is 630. The number of carbonyl (C=O) groups excluding carboxylic acids is 2. The Hall–Kier alpha value is -2.24. The number of esters is 1. The molecule has 0 aliphatic carbocycles. The molecule has 0 saturated carbocycles. The molecule has 0 N–H and O–H groups in total. The number of benzene rings is 1. The molecule has 0 aliphatic heterocycles. The number of halogens is 2. The van der Waals surface area contributed by atoms with E-state index in [1.807, 2.05) is 0 Å². The summed E-state index contributed by atoms with van der Waals surface area (Å²) < 4.78 is 36.3. The van der Waals surface area contributed by atoms with Gasteiger partial charge in [-0.15, -0.1) is 0 Å². The van der Waals surface area contributed by atoms with Crippen molar-refractivity contribution in [2.45, 2.75) is 6.92 Å². The second-order valence-corrected chi connectivity index (χ2v) is 3.43. The van der Waals surface area contributed by atoms with Gasteiger partial charge < -0.3 is 9.15 Å². The zero-order chi connectivity index (χ0) is 13.3. The van der Waals surface area contributed by atoms with Crippen LogP contribution >= 0.6 is 0 Å². The Morgan fingerprint density at radius 3 is 2.72 bits per heavy atom. The van der Waals surface area contributed by atoms with E-state index >= 15 is 0 Å². The maximum Gasteiger partial charge on any atom is 0.379 e. The predicted molar refractivity (Wildman–Crippen MR) is 57.1 cm³/mol. The minimum atomic E-state index is -1.21. The summed E-state index contributed by atoms with van der Waals surface area (Å²) in [6, 6.07) is 1.77. The van der Waals surface area contributed by atoms with Gasteiger partial charge in [-0.3, -0.25) is 4.79 Å². The van der Waals surface area contributed by atoms with Crippen LogP contribution in [0.1, 0.15) is 17.3 Å². The van der Waals surface area contributed by atoms with Crippen LogP contribution in [0, 0.1) is 11.6 Å². The van der Waals surface area contributed by atoms with Gasteiger partial charge in [0.1, 0.15) is 17.2 Å². The number of ether oxygens (including phenoxy) is 1. The summed E-state index contributed by atoms with van der Waals surface area (Å²) in [4.78, 5) is 23.0. The molecular formula is C12H8F2O4. The molecule has 0 fully saturated rings. The van der Waals surface area contributed by atoms with Gasteiger partial charge in [0.15, 0.2) is 5.58 Å². The second kappa shape index (κ2) is 4.56. The molecule has 0 spiro atoms. The first-order valence-electron chi connectivity index (χ1n) is 5.13. The minimum Gasteiger partial charge on any atom is -0.463 e. The first kappa shape index (κ1) is 12.2. The Balaban J connectivity index is 2.60. The van der Waals surface area contributed by atoms with E-state index in [1.165, 1.54) is 13.0 Å². The molecule has 0 amide bonds. The van der Waals surface area contributed by atoms with Crippen molar-refractivity contribution in [2.75, 3.05) is 6.61 Å². The van der Waals surface area contributed by atoms with Gasteiger partial charge in [-0.1, -0.05) is 0 Å². The molecule has 6 heteroatoms. The van der Waals surface area contributed by atoms with E-state index in [2.05, 4.69) is 4.74 Å². The molecule has 0 saturated heterocycles. The number of fused-ring (bicyclic) bond motifs is 1. The summed E-state index contributed by atoms with van der Waals surface area (Å²) in [6.07, 6.45) is 1.11. The summed E-state index contributed by atoms with van der Waals surface area (Å²) in [5, 5.41) is -0.0657. The second-order valence-electron chi connectivity index (χ2n) is 3.43. The number of Topliss-reactive ketones (excluding diaryl/α,β-unsaturated/α-hetero) is 1. The average Bonchev–Trinajstić information content (AvgIpc) is 2.78. The molecular weight excluding hydrogens is 246 g/mol. The van der Waals surface area contributed by atoms with Crippen LogP contribution in [-0.2, 0) is 9.53 Å². The topological polar surface area (TPSA) is 56.5 Å². The molecule has 0 aliphatic rings. The van der Waals surface area contributed by atoms with Gasteiger partial charge in [-0.05, 0) is 13.0 Å². The van der Waals surface area contributed by atoms with Crippen molar-refractivity contribution in [3.05, 3.63) is 35.6 Å². The molecule has 94 valence electrons. The fraction of sp³-hybridized carbons (Fsp3) is 0.167. The molecule has 0 radical (unpaired) electrons. The van der Waals surface area contributed by atoms with E-state index in [0.29, 0.717) is 6.07 Å². The van der Waals surface area contributed by atoms with E-state index in [9.17, 15) is 18.4 Å². The Labute approximate surface area is 100 Å². The van der Waals surface area contributed by atoms with Crippen molar-refractivity contribution in [1.82, 2.24) is 0 Å². The number of rotatable bonds is 3. The third-order valence-electron chi connectivity index (χ3n) is 2.33. The number of ketones is 1. The molecule has 0 unspecified atom stereocenters. The summed E-state index contributed by atoms with van der Waals surface area (Å²) in [6.45, 7) is 1.49. The van der Waals surface area contributed by atoms with Gasteiger partial charge in [-0.25, -0.2) is 13.6 Å². The van der Waals surface area contributed by atoms with Gasteiger partial charge in [0.05, 0.1) is 18.3 Å². The standard InChI is InChI=1S/C12H8F2O4/c1-2-17-12(16)10(15)9-8(14)5-7(13)6-3-4-18-11(6)9/h3-5H,2H2,1H3. The maximum atomic E-state index is 13.6. The highest BCUT2D eigenvalue weighted by Crippen LogP contribution is 2.26. The van der Waals surface area contributed by atoms with E-state index < -0.39 is 29.0 Å². The largest absolute Gasteiger partial charge is 0.463 e. The van der Waals surface area contributed by atoms with Crippen molar-refractivity contribution in [2.24, 2.45) is 0 Å². The zero-order valence-corrected chi connectivity index (χ0v) is 9.33. The van der Waals surface area contributed by atoms with Gasteiger partial charge >= 0.3 is 5.97 Å². The van der Waals surface area contributed by atoms with Crippen LogP contribution in [0.25, 0.3) is 11.0 Å². The molecule has 1 heterocycles. The molecule has 0 atom stereocenters. The smallest absolute Gasteiger partial charge is 0.379 e. The van der Waals surface area contributed by atoms with Gasteiger partial charge in [0, 0.05) is 6.07 Å². The fourth-order valence-corrected chi connectivity index (χ4v) is 1.57. The van der Waals surface area contributed by atoms with Crippen LogP contribution < -0.4 is 0 Å². The quantitative estimate of drug-likeness (QED) is 0.479. The van der Waals surface area contributed by atoms with Crippen molar-refractivity contribution in [3.8, 4) is 0 Å². The zero-order valence-electron chi connectivity index (χ0n) is 9.33. The van der Waals surface area contributed by atoms with Crippen LogP contribution in [0.5, 0.6) is 0 Å². The number of carbonyl (C=O) groups is 2. The fourth-order valence-electron chi connectivity index (χ4n) is 1.57. The molecule has 2 rings (SSSR count). The highest BCUT2D eigenvalue weighted by atomic mass is 19.1. The van der Waals surface area contributed by atoms with E-state index in [4.69, 9.17) is 4.42 Å². The molecule has 1 aromatic carbocycles. The van der Waals surface area contributed by atoms with Crippen molar-refractivity contribution in [1.29, 1.82) is 0 Å². The third-order valence-corrected chi connectivity index (χ3v) is 2.33. The molecule has 2 aromatic rings. The summed E-state index contributed by atoms with van der Waals surface area (Å²) >= 11 is 0. The van der Waals surface area contributed by atoms with Gasteiger partial charge in [0.25, 0.3) is 5.78 Å². The monoisotopic (exact) mass is 254 g/mol. The lowest BCUT2D eigenvalue weighted by Gasteiger charge is -2.03. The van der Waals surface area contributed by atoms with Crippen LogP contribution in [0.4, 0.5) is 8.78 Å². The molecule has 1 aromatic heterocycles. The summed E-state index contributed by atoms with van der Waals surface area (Å²) in [5.74, 6) is -4.43. The lowest BCUT2D eigenvalue weighted by Crippen LogP contribution is -2.19. The first-order chi connectivity index (χ1) is 8.56. The van der Waals surface area contributed by atoms with Crippen LogP contribution in [0.2, 0.25) is 0 Å². The van der Waals surface area contributed by atoms with Crippen LogP contribution in [0.15, 0.2) is 22.8 Å². The number of furan rings is 1. The first-order valence-corrected chi connectivity index (χ1v) is 5.13. The third kappa shape index (κ3) is 1.85. The highest BCUT2D eigenvalue weighted by Gasteiger charge is 2.27. The minimum absolute atomic E-state index is 0.0192. The van der Waals surface area contributed by atoms with Gasteiger partial charge in [0.2, 0.25) is 0 Å².